The fourth-order valence-corrected chi connectivity index (χ4v) is 2.01. The average Bonchev–Trinajstić information content (AvgIpc) is 2.46. The van der Waals surface area contributed by atoms with E-state index in [0.717, 1.165) is 11.3 Å². The van der Waals surface area contributed by atoms with Crippen LogP contribution in [0.4, 0.5) is 0 Å². The molecule has 1 amide bonds. The molecule has 0 heterocycles. The van der Waals surface area contributed by atoms with Crippen molar-refractivity contribution in [2.75, 3.05) is 13.7 Å². The maximum Gasteiger partial charge on any atom is 0.227 e. The highest BCUT2D eigenvalue weighted by Gasteiger charge is 2.17. The van der Waals surface area contributed by atoms with Crippen molar-refractivity contribution < 1.29 is 14.7 Å². The second-order valence-corrected chi connectivity index (χ2v) is 5.05. The number of hydrogen-bond acceptors (Lipinski definition) is 4. The standard InChI is InChI=1S/C15H23N3O3/c1-11(2)18(8-7-14(16)17-20)15(19)10-12-5-4-6-13(9-12)21-3/h4-6,9,11,20H,7-8,10H2,1-3H3,(H2,16,17). The molecule has 0 bridgehead atoms. The van der Waals surface area contributed by atoms with Crippen LogP contribution in [0.3, 0.4) is 0 Å². The zero-order valence-corrected chi connectivity index (χ0v) is 12.7. The van der Waals surface area contributed by atoms with Crippen molar-refractivity contribution in [1.82, 2.24) is 4.90 Å². The van der Waals surface area contributed by atoms with Gasteiger partial charge in [-0.3, -0.25) is 4.79 Å². The Morgan fingerprint density at radius 2 is 2.19 bits per heavy atom. The van der Waals surface area contributed by atoms with Crippen LogP contribution in [0.15, 0.2) is 29.4 Å². The highest BCUT2D eigenvalue weighted by Crippen LogP contribution is 2.14. The molecule has 0 fully saturated rings. The molecule has 0 aliphatic carbocycles. The molecule has 6 heteroatoms. The number of amidine groups is 1. The summed E-state index contributed by atoms with van der Waals surface area (Å²) in [5.41, 5.74) is 6.35. The molecular weight excluding hydrogens is 270 g/mol. The number of methoxy groups -OCH3 is 1. The molecule has 1 aromatic rings. The minimum Gasteiger partial charge on any atom is -0.497 e. The third kappa shape index (κ3) is 5.33. The lowest BCUT2D eigenvalue weighted by Gasteiger charge is -2.26. The molecule has 3 N–H and O–H groups in total. The second kappa shape index (κ2) is 8.14. The Labute approximate surface area is 125 Å². The van der Waals surface area contributed by atoms with Gasteiger partial charge in [-0.1, -0.05) is 17.3 Å². The van der Waals surface area contributed by atoms with E-state index in [0.29, 0.717) is 19.4 Å². The first-order chi connectivity index (χ1) is 9.97. The highest BCUT2D eigenvalue weighted by molar-refractivity contribution is 5.82. The van der Waals surface area contributed by atoms with Crippen LogP contribution in [0.1, 0.15) is 25.8 Å². The molecule has 116 valence electrons. The van der Waals surface area contributed by atoms with E-state index < -0.39 is 0 Å². The number of nitrogens with two attached hydrogens (primary N) is 1. The van der Waals surface area contributed by atoms with Gasteiger partial charge in [0.05, 0.1) is 13.5 Å². The first-order valence-electron chi connectivity index (χ1n) is 6.86. The summed E-state index contributed by atoms with van der Waals surface area (Å²) >= 11 is 0. The largest absolute Gasteiger partial charge is 0.497 e. The summed E-state index contributed by atoms with van der Waals surface area (Å²) < 4.78 is 5.15. The van der Waals surface area contributed by atoms with Crippen LogP contribution < -0.4 is 10.5 Å². The van der Waals surface area contributed by atoms with Crippen molar-refractivity contribution in [1.29, 1.82) is 0 Å². The summed E-state index contributed by atoms with van der Waals surface area (Å²) in [5, 5.41) is 11.5. The quantitative estimate of drug-likeness (QED) is 0.346. The van der Waals surface area contributed by atoms with Gasteiger partial charge in [0.1, 0.15) is 11.6 Å². The highest BCUT2D eigenvalue weighted by atomic mass is 16.5. The van der Waals surface area contributed by atoms with Crippen molar-refractivity contribution in [3.8, 4) is 5.75 Å². The van der Waals surface area contributed by atoms with E-state index in [1.54, 1.807) is 12.0 Å². The summed E-state index contributed by atoms with van der Waals surface area (Å²) in [6, 6.07) is 7.49. The van der Waals surface area contributed by atoms with Gasteiger partial charge in [0.25, 0.3) is 0 Å². The fourth-order valence-electron chi connectivity index (χ4n) is 2.01. The monoisotopic (exact) mass is 293 g/mol. The van der Waals surface area contributed by atoms with Gasteiger partial charge in [0.15, 0.2) is 0 Å². The number of carbonyl (C=O) groups excluding carboxylic acids is 1. The number of hydrogen-bond donors (Lipinski definition) is 2. The molecule has 6 nitrogen and oxygen atoms in total. The van der Waals surface area contributed by atoms with Crippen molar-refractivity contribution in [3.63, 3.8) is 0 Å². The van der Waals surface area contributed by atoms with E-state index >= 15 is 0 Å². The zero-order chi connectivity index (χ0) is 15.8. The molecule has 0 aliphatic heterocycles. The number of nitrogens with zero attached hydrogens (tertiary/aromatic N) is 2. The van der Waals surface area contributed by atoms with Crippen molar-refractivity contribution in [2.24, 2.45) is 10.9 Å². The Balaban J connectivity index is 2.72. The molecule has 0 aromatic heterocycles. The van der Waals surface area contributed by atoms with Crippen molar-refractivity contribution in [3.05, 3.63) is 29.8 Å². The molecule has 0 spiro atoms. The minimum absolute atomic E-state index is 0.00370. The number of benzene rings is 1. The number of amides is 1. The van der Waals surface area contributed by atoms with Crippen LogP contribution in [0.2, 0.25) is 0 Å². The Morgan fingerprint density at radius 3 is 2.76 bits per heavy atom. The Hall–Kier alpha value is -2.24. The molecule has 0 atom stereocenters. The zero-order valence-electron chi connectivity index (χ0n) is 12.7. The summed E-state index contributed by atoms with van der Waals surface area (Å²) in [6.45, 7) is 4.31. The molecule has 0 unspecified atom stereocenters. The van der Waals surface area contributed by atoms with Crippen LogP contribution in [0.25, 0.3) is 0 Å². The molecule has 0 saturated carbocycles. The van der Waals surface area contributed by atoms with Gasteiger partial charge in [0, 0.05) is 19.0 Å². The summed E-state index contributed by atoms with van der Waals surface area (Å²) in [5.74, 6) is 0.854. The van der Waals surface area contributed by atoms with E-state index in [-0.39, 0.29) is 17.8 Å². The van der Waals surface area contributed by atoms with Gasteiger partial charge in [0.2, 0.25) is 5.91 Å². The van der Waals surface area contributed by atoms with E-state index in [1.807, 2.05) is 38.1 Å². The van der Waals surface area contributed by atoms with Gasteiger partial charge in [-0.2, -0.15) is 0 Å². The number of oxime groups is 1. The lowest BCUT2D eigenvalue weighted by atomic mass is 10.1. The molecule has 0 radical (unpaired) electrons. The predicted molar refractivity (Wildman–Crippen MR) is 81.6 cm³/mol. The van der Waals surface area contributed by atoms with Gasteiger partial charge in [-0.25, -0.2) is 0 Å². The Morgan fingerprint density at radius 1 is 1.48 bits per heavy atom. The van der Waals surface area contributed by atoms with Gasteiger partial charge < -0.3 is 20.6 Å². The van der Waals surface area contributed by atoms with Gasteiger partial charge >= 0.3 is 0 Å². The number of rotatable bonds is 7. The molecule has 1 aromatic carbocycles. The summed E-state index contributed by atoms with van der Waals surface area (Å²) in [4.78, 5) is 14.1. The lowest BCUT2D eigenvalue weighted by Crippen LogP contribution is -2.40. The molecular formula is C15H23N3O3. The third-order valence-electron chi connectivity index (χ3n) is 3.17. The maximum atomic E-state index is 12.4. The molecule has 1 rings (SSSR count). The molecule has 0 saturated heterocycles. The first kappa shape index (κ1) is 16.8. The van der Waals surface area contributed by atoms with E-state index in [9.17, 15) is 4.79 Å². The predicted octanol–water partition coefficient (Wildman–Crippen LogP) is 1.61. The van der Waals surface area contributed by atoms with Crippen LogP contribution >= 0.6 is 0 Å². The number of carbonyl (C=O) groups is 1. The summed E-state index contributed by atoms with van der Waals surface area (Å²) in [6.07, 6.45) is 0.643. The van der Waals surface area contributed by atoms with E-state index in [1.165, 1.54) is 0 Å². The van der Waals surface area contributed by atoms with Crippen molar-refractivity contribution in [2.45, 2.75) is 32.7 Å². The topological polar surface area (TPSA) is 88.2 Å². The van der Waals surface area contributed by atoms with Crippen LogP contribution in [-0.4, -0.2) is 41.5 Å². The minimum atomic E-state index is 0.00370. The van der Waals surface area contributed by atoms with Gasteiger partial charge in [-0.15, -0.1) is 0 Å². The lowest BCUT2D eigenvalue weighted by molar-refractivity contribution is -0.132. The van der Waals surface area contributed by atoms with Crippen LogP contribution in [0.5, 0.6) is 5.75 Å². The third-order valence-corrected chi connectivity index (χ3v) is 3.17. The van der Waals surface area contributed by atoms with E-state index in [2.05, 4.69) is 5.16 Å². The first-order valence-corrected chi connectivity index (χ1v) is 6.86. The van der Waals surface area contributed by atoms with Crippen molar-refractivity contribution >= 4 is 11.7 Å². The number of ether oxygens (including phenoxy) is 1. The normalized spacial score (nSPS) is 11.5. The van der Waals surface area contributed by atoms with Gasteiger partial charge in [-0.05, 0) is 31.5 Å². The Bertz CT molecular complexity index is 501. The maximum absolute atomic E-state index is 12.4. The Kier molecular flexibility index (Phi) is 6.52. The average molecular weight is 293 g/mol. The van der Waals surface area contributed by atoms with Crippen LogP contribution in [0, 0.1) is 0 Å². The molecule has 21 heavy (non-hydrogen) atoms. The smallest absolute Gasteiger partial charge is 0.227 e. The second-order valence-electron chi connectivity index (χ2n) is 5.05. The van der Waals surface area contributed by atoms with E-state index in [4.69, 9.17) is 15.7 Å². The SMILES string of the molecule is COc1cccc(CC(=O)N(CCC(N)=NO)C(C)C)c1. The molecule has 0 aliphatic rings. The summed E-state index contributed by atoms with van der Waals surface area (Å²) in [7, 11) is 1.60. The van der Waals surface area contributed by atoms with Crippen LogP contribution in [-0.2, 0) is 11.2 Å². The fraction of sp³-hybridized carbons (Fsp3) is 0.467.